The molecule has 0 aliphatic rings. The molecule has 390 valence electrons. The molecule has 4 nitrogen and oxygen atoms in total. The minimum atomic E-state index is 0.0195. The normalized spacial score (nSPS) is 11.8. The molecule has 0 N–H and O–H groups in total. The number of rotatable bonds is 53. The van der Waals surface area contributed by atoms with Gasteiger partial charge in [-0.3, -0.25) is 9.59 Å². The monoisotopic (exact) mass is 919 g/mol. The van der Waals surface area contributed by atoms with Crippen LogP contribution in [-0.4, -0.2) is 24.6 Å². The second-order valence-electron chi connectivity index (χ2n) is 21.1. The highest BCUT2D eigenvalue weighted by molar-refractivity contribution is 5.69. The van der Waals surface area contributed by atoms with Crippen molar-refractivity contribution in [3.05, 3.63) is 0 Å². The predicted octanol–water partition coefficient (Wildman–Crippen LogP) is 21.7. The highest BCUT2D eigenvalue weighted by Crippen LogP contribution is 2.20. The fraction of sp³-hybridized carbons (Fsp3) is 0.967. The average molecular weight is 920 g/mol. The summed E-state index contributed by atoms with van der Waals surface area (Å²) in [5.74, 6) is 0.941. The number of esters is 2. The zero-order valence-corrected chi connectivity index (χ0v) is 45.9. The van der Waals surface area contributed by atoms with E-state index in [9.17, 15) is 9.59 Å². The fourth-order valence-corrected chi connectivity index (χ4v) is 9.18. The Morgan fingerprint density at radius 1 is 0.292 bits per heavy atom. The molecule has 0 radical (unpaired) electrons. The summed E-state index contributed by atoms with van der Waals surface area (Å²) < 4.78 is 11.4. The van der Waals surface area contributed by atoms with Crippen LogP contribution in [0.1, 0.15) is 363 Å². The van der Waals surface area contributed by atoms with E-state index in [1.807, 2.05) is 0 Å². The van der Waals surface area contributed by atoms with Gasteiger partial charge in [-0.05, 0) is 50.9 Å². The molecule has 65 heavy (non-hydrogen) atoms. The van der Waals surface area contributed by atoms with Gasteiger partial charge in [-0.25, -0.2) is 0 Å². The van der Waals surface area contributed by atoms with Gasteiger partial charge in [0, 0.05) is 12.8 Å². The summed E-state index contributed by atoms with van der Waals surface area (Å²) in [5.41, 5.74) is 0. The summed E-state index contributed by atoms with van der Waals surface area (Å²) in [4.78, 5) is 24.3. The Morgan fingerprint density at radius 3 is 0.846 bits per heavy atom. The maximum absolute atomic E-state index is 12.5. The van der Waals surface area contributed by atoms with Crippen molar-refractivity contribution in [1.82, 2.24) is 0 Å². The van der Waals surface area contributed by atoms with Crippen molar-refractivity contribution < 1.29 is 19.1 Å². The summed E-state index contributed by atoms with van der Waals surface area (Å²) in [7, 11) is 0. The van der Waals surface area contributed by atoms with Gasteiger partial charge in [0.2, 0.25) is 0 Å². The van der Waals surface area contributed by atoms with Crippen LogP contribution in [0.25, 0.3) is 0 Å². The van der Waals surface area contributed by atoms with Crippen LogP contribution in [0.15, 0.2) is 0 Å². The molecule has 0 saturated heterocycles. The molecule has 4 heteroatoms. The lowest BCUT2D eigenvalue weighted by Crippen LogP contribution is -2.18. The summed E-state index contributed by atoms with van der Waals surface area (Å²) in [6.45, 7) is 14.4. The fourth-order valence-electron chi connectivity index (χ4n) is 9.18. The molecule has 0 aromatic carbocycles. The smallest absolute Gasteiger partial charge is 0.306 e. The van der Waals surface area contributed by atoms with Crippen LogP contribution in [0.3, 0.4) is 0 Å². The van der Waals surface area contributed by atoms with Gasteiger partial charge in [-0.1, -0.05) is 305 Å². The number of carbonyl (C=O) groups is 2. The third-order valence-corrected chi connectivity index (χ3v) is 13.7. The molecule has 0 rings (SSSR count). The summed E-state index contributed by atoms with van der Waals surface area (Å²) >= 11 is 0. The standard InChI is InChI=1S/C34H68O2.C27H54O2/c1-4-7-10-13-16-18-19-21-23-26-29-32-34(35)36-33(30-27-24-15-12-9-6-3)31-28-25-22-20-17-14-11-8-5-2;1-4-5-6-7-8-9-10-11-15-18-21-24-27(28)29-25-22-19-16-13-12-14-17-20-23-26(2)3/h33H,4-32H2,1-3H3;26H,4-25H2,1-3H3. The van der Waals surface area contributed by atoms with E-state index in [2.05, 4.69) is 41.5 Å². The second kappa shape index (κ2) is 59.1. The van der Waals surface area contributed by atoms with E-state index >= 15 is 0 Å². The number of hydrogen-bond donors (Lipinski definition) is 0. The minimum Gasteiger partial charge on any atom is -0.466 e. The van der Waals surface area contributed by atoms with E-state index in [-0.39, 0.29) is 18.0 Å². The van der Waals surface area contributed by atoms with Crippen molar-refractivity contribution in [2.24, 2.45) is 5.92 Å². The molecule has 0 heterocycles. The van der Waals surface area contributed by atoms with E-state index in [4.69, 9.17) is 9.47 Å². The molecular formula is C61H122O4. The van der Waals surface area contributed by atoms with Crippen molar-refractivity contribution >= 4 is 11.9 Å². The van der Waals surface area contributed by atoms with Gasteiger partial charge in [-0.2, -0.15) is 0 Å². The Morgan fingerprint density at radius 2 is 0.538 bits per heavy atom. The Hall–Kier alpha value is -1.06. The number of carbonyl (C=O) groups excluding carboxylic acids is 2. The zero-order chi connectivity index (χ0) is 47.8. The van der Waals surface area contributed by atoms with Crippen molar-refractivity contribution in [3.8, 4) is 0 Å². The van der Waals surface area contributed by atoms with Gasteiger partial charge < -0.3 is 9.47 Å². The first-order valence-electron chi connectivity index (χ1n) is 30.3. The highest BCUT2D eigenvalue weighted by Gasteiger charge is 2.14. The summed E-state index contributed by atoms with van der Waals surface area (Å²) in [6, 6.07) is 0. The van der Waals surface area contributed by atoms with E-state index in [1.165, 1.54) is 276 Å². The molecular weight excluding hydrogens is 797 g/mol. The Balaban J connectivity index is 0. The van der Waals surface area contributed by atoms with Crippen LogP contribution in [0, 0.1) is 5.92 Å². The first-order chi connectivity index (χ1) is 31.9. The number of unbranched alkanes of at least 4 members (excludes halogenated alkanes) is 40. The summed E-state index contributed by atoms with van der Waals surface area (Å²) in [6.07, 6.45) is 64.5. The van der Waals surface area contributed by atoms with Gasteiger partial charge in [0.1, 0.15) is 6.10 Å². The molecule has 0 spiro atoms. The molecule has 0 amide bonds. The first-order valence-corrected chi connectivity index (χ1v) is 30.3. The lowest BCUT2D eigenvalue weighted by molar-refractivity contribution is -0.150. The Labute approximate surface area is 410 Å². The Kier molecular flexibility index (Phi) is 60.0. The first kappa shape index (κ1) is 66.0. The van der Waals surface area contributed by atoms with Gasteiger partial charge in [0.05, 0.1) is 6.61 Å². The van der Waals surface area contributed by atoms with E-state index in [0.717, 1.165) is 38.0 Å². The average Bonchev–Trinajstić information content (AvgIpc) is 3.29. The van der Waals surface area contributed by atoms with Crippen molar-refractivity contribution in [2.75, 3.05) is 6.61 Å². The summed E-state index contributed by atoms with van der Waals surface area (Å²) in [5, 5.41) is 0. The molecule has 0 aliphatic heterocycles. The molecule has 1 unspecified atom stereocenters. The zero-order valence-electron chi connectivity index (χ0n) is 45.9. The van der Waals surface area contributed by atoms with Gasteiger partial charge >= 0.3 is 11.9 Å². The maximum atomic E-state index is 12.5. The van der Waals surface area contributed by atoms with Crippen molar-refractivity contribution in [1.29, 1.82) is 0 Å². The van der Waals surface area contributed by atoms with E-state index in [0.29, 0.717) is 19.4 Å². The number of hydrogen-bond acceptors (Lipinski definition) is 4. The van der Waals surface area contributed by atoms with Crippen LogP contribution < -0.4 is 0 Å². The molecule has 0 fully saturated rings. The van der Waals surface area contributed by atoms with Crippen LogP contribution in [0.2, 0.25) is 0 Å². The third kappa shape index (κ3) is 60.9. The molecule has 1 atom stereocenters. The maximum Gasteiger partial charge on any atom is 0.306 e. The second-order valence-corrected chi connectivity index (χ2v) is 21.1. The third-order valence-electron chi connectivity index (χ3n) is 13.7. The highest BCUT2D eigenvalue weighted by atomic mass is 16.5. The molecule has 0 bridgehead atoms. The molecule has 0 aromatic rings. The van der Waals surface area contributed by atoms with Gasteiger partial charge in [0.15, 0.2) is 0 Å². The Bertz CT molecular complexity index is 885. The van der Waals surface area contributed by atoms with Crippen LogP contribution >= 0.6 is 0 Å². The number of ether oxygens (including phenoxy) is 2. The van der Waals surface area contributed by atoms with Crippen LogP contribution in [-0.2, 0) is 19.1 Å². The topological polar surface area (TPSA) is 52.6 Å². The van der Waals surface area contributed by atoms with Crippen LogP contribution in [0.4, 0.5) is 0 Å². The molecule has 0 saturated carbocycles. The van der Waals surface area contributed by atoms with Gasteiger partial charge in [-0.15, -0.1) is 0 Å². The van der Waals surface area contributed by atoms with E-state index in [1.54, 1.807) is 0 Å². The lowest BCUT2D eigenvalue weighted by Gasteiger charge is -2.18. The minimum absolute atomic E-state index is 0.0195. The lowest BCUT2D eigenvalue weighted by atomic mass is 10.0. The van der Waals surface area contributed by atoms with Gasteiger partial charge in [0.25, 0.3) is 0 Å². The largest absolute Gasteiger partial charge is 0.466 e. The molecule has 0 aromatic heterocycles. The SMILES string of the molecule is CCCCCCCCCCCCCC(=O)OC(CCCCCCCC)CCCCCCCCCCC.CCCCCCCCCCCCCC(=O)OCCCCCCCCCCC(C)C. The molecule has 0 aliphatic carbocycles. The van der Waals surface area contributed by atoms with Crippen LogP contribution in [0.5, 0.6) is 0 Å². The predicted molar refractivity (Wildman–Crippen MR) is 289 cm³/mol. The quantitative estimate of drug-likeness (QED) is 0.0451. The van der Waals surface area contributed by atoms with E-state index < -0.39 is 0 Å². The van der Waals surface area contributed by atoms with Crippen molar-refractivity contribution in [3.63, 3.8) is 0 Å². The van der Waals surface area contributed by atoms with Crippen molar-refractivity contribution in [2.45, 2.75) is 369 Å².